The van der Waals surface area contributed by atoms with E-state index < -0.39 is 5.60 Å². The molecule has 31 heavy (non-hydrogen) atoms. The molecule has 0 bridgehead atoms. The lowest BCUT2D eigenvalue weighted by Gasteiger charge is -2.27. The number of aromatic nitrogens is 1. The van der Waals surface area contributed by atoms with E-state index in [1.54, 1.807) is 0 Å². The fourth-order valence-electron chi connectivity index (χ4n) is 3.40. The Morgan fingerprint density at radius 1 is 1.16 bits per heavy atom. The molecule has 0 saturated heterocycles. The summed E-state index contributed by atoms with van der Waals surface area (Å²) in [7, 11) is 0. The van der Waals surface area contributed by atoms with Gasteiger partial charge in [0, 0.05) is 11.6 Å². The van der Waals surface area contributed by atoms with Crippen LogP contribution in [0.15, 0.2) is 52.9 Å². The summed E-state index contributed by atoms with van der Waals surface area (Å²) in [6.07, 6.45) is 0.591. The van der Waals surface area contributed by atoms with Crippen molar-refractivity contribution in [1.29, 1.82) is 0 Å². The van der Waals surface area contributed by atoms with Gasteiger partial charge in [0.15, 0.2) is 0 Å². The van der Waals surface area contributed by atoms with Gasteiger partial charge >= 0.3 is 5.97 Å². The number of benzene rings is 2. The monoisotopic (exact) mass is 421 g/mol. The average molecular weight is 421 g/mol. The van der Waals surface area contributed by atoms with Gasteiger partial charge in [0.05, 0.1) is 5.92 Å². The topological polar surface area (TPSA) is 70.8 Å². The second kappa shape index (κ2) is 8.46. The van der Waals surface area contributed by atoms with Crippen LogP contribution in [-0.2, 0) is 22.6 Å². The molecule has 6 nitrogen and oxygen atoms in total. The van der Waals surface area contributed by atoms with Gasteiger partial charge < -0.3 is 18.6 Å². The number of carbonyl (C=O) groups is 1. The van der Waals surface area contributed by atoms with Crippen LogP contribution in [0.25, 0.3) is 11.5 Å². The van der Waals surface area contributed by atoms with E-state index in [2.05, 4.69) is 4.98 Å². The van der Waals surface area contributed by atoms with Gasteiger partial charge in [0.25, 0.3) is 0 Å². The Hall–Kier alpha value is -3.28. The molecule has 0 aliphatic carbocycles. The number of hydrogen-bond acceptors (Lipinski definition) is 6. The smallest absolute Gasteiger partial charge is 0.313 e. The lowest BCUT2D eigenvalue weighted by molar-refractivity contribution is -0.161. The van der Waals surface area contributed by atoms with Crippen LogP contribution in [0.4, 0.5) is 0 Å². The van der Waals surface area contributed by atoms with E-state index in [0.717, 1.165) is 28.3 Å². The van der Waals surface area contributed by atoms with E-state index in [1.807, 2.05) is 76.2 Å². The Balaban J connectivity index is 1.40. The molecule has 2 heterocycles. The zero-order valence-electron chi connectivity index (χ0n) is 18.3. The van der Waals surface area contributed by atoms with E-state index in [0.29, 0.717) is 31.3 Å². The van der Waals surface area contributed by atoms with Crippen molar-refractivity contribution in [2.75, 3.05) is 6.61 Å². The number of hydrogen-bond donors (Lipinski definition) is 0. The first kappa shape index (κ1) is 21.0. The van der Waals surface area contributed by atoms with Crippen molar-refractivity contribution in [1.82, 2.24) is 4.98 Å². The molecule has 1 atom stereocenters. The minimum Gasteiger partial charge on any atom is -0.492 e. The predicted octanol–water partition coefficient (Wildman–Crippen LogP) is 5.12. The Bertz CT molecular complexity index is 1070. The van der Waals surface area contributed by atoms with Gasteiger partial charge in [-0.25, -0.2) is 4.98 Å². The summed E-state index contributed by atoms with van der Waals surface area (Å²) in [5, 5.41) is 0. The molecule has 0 spiro atoms. The van der Waals surface area contributed by atoms with E-state index in [9.17, 15) is 4.79 Å². The molecule has 0 N–H and O–H groups in total. The molecule has 4 rings (SSSR count). The van der Waals surface area contributed by atoms with Crippen LogP contribution in [-0.4, -0.2) is 23.2 Å². The lowest BCUT2D eigenvalue weighted by Crippen LogP contribution is -2.34. The molecule has 1 aliphatic heterocycles. The van der Waals surface area contributed by atoms with Gasteiger partial charge in [-0.15, -0.1) is 0 Å². The maximum absolute atomic E-state index is 12.3. The second-order valence-electron chi connectivity index (χ2n) is 8.69. The third-order valence-corrected chi connectivity index (χ3v) is 4.97. The van der Waals surface area contributed by atoms with Crippen molar-refractivity contribution >= 4 is 5.97 Å². The first-order valence-electron chi connectivity index (χ1n) is 10.4. The van der Waals surface area contributed by atoms with E-state index in [-0.39, 0.29) is 11.9 Å². The van der Waals surface area contributed by atoms with E-state index >= 15 is 0 Å². The molecule has 0 saturated carbocycles. The number of nitrogens with zero attached hydrogens (tertiary/aromatic N) is 1. The summed E-state index contributed by atoms with van der Waals surface area (Å²) in [5.74, 6) is 2.20. The van der Waals surface area contributed by atoms with Crippen LogP contribution in [0, 0.1) is 12.8 Å². The first-order valence-corrected chi connectivity index (χ1v) is 10.4. The summed E-state index contributed by atoms with van der Waals surface area (Å²) >= 11 is 0. The summed E-state index contributed by atoms with van der Waals surface area (Å²) in [6, 6.07) is 15.4. The Kier molecular flexibility index (Phi) is 5.72. The van der Waals surface area contributed by atoms with Crippen LogP contribution in [0.2, 0.25) is 0 Å². The van der Waals surface area contributed by atoms with Crippen LogP contribution in [0.1, 0.15) is 37.8 Å². The van der Waals surface area contributed by atoms with Gasteiger partial charge in [-0.05, 0) is 57.9 Å². The highest BCUT2D eigenvalue weighted by atomic mass is 16.6. The maximum atomic E-state index is 12.3. The van der Waals surface area contributed by atoms with Crippen LogP contribution in [0.3, 0.4) is 0 Å². The van der Waals surface area contributed by atoms with E-state index in [4.69, 9.17) is 18.6 Å². The highest BCUT2D eigenvalue weighted by molar-refractivity contribution is 5.74. The van der Waals surface area contributed by atoms with Gasteiger partial charge in [-0.1, -0.05) is 24.3 Å². The predicted molar refractivity (Wildman–Crippen MR) is 116 cm³/mol. The number of aryl methyl sites for hydroxylation is 1. The average Bonchev–Trinajstić information content (AvgIpc) is 3.11. The molecule has 0 amide bonds. The van der Waals surface area contributed by atoms with Crippen LogP contribution >= 0.6 is 0 Å². The van der Waals surface area contributed by atoms with Gasteiger partial charge in [-0.2, -0.15) is 0 Å². The minimum absolute atomic E-state index is 0.228. The number of esters is 1. The highest BCUT2D eigenvalue weighted by Gasteiger charge is 2.30. The minimum atomic E-state index is -0.505. The summed E-state index contributed by atoms with van der Waals surface area (Å²) < 4.78 is 23.0. The molecule has 0 radical (unpaired) electrons. The second-order valence-corrected chi connectivity index (χ2v) is 8.69. The summed E-state index contributed by atoms with van der Waals surface area (Å²) in [6.45, 7) is 8.07. The molecule has 1 unspecified atom stereocenters. The largest absolute Gasteiger partial charge is 0.492 e. The van der Waals surface area contributed by atoms with Gasteiger partial charge in [0.2, 0.25) is 5.89 Å². The molecule has 2 aromatic carbocycles. The summed E-state index contributed by atoms with van der Waals surface area (Å²) in [5.41, 5.74) is 2.15. The van der Waals surface area contributed by atoms with Crippen LogP contribution in [0.5, 0.6) is 11.5 Å². The fraction of sp³-hybridized carbons (Fsp3) is 0.360. The SMILES string of the molecule is Cc1oc(-c2ccccc2)nc1COc1ccc2c(c1)OCC(C(=O)OC(C)(C)C)C2. The fourth-order valence-corrected chi connectivity index (χ4v) is 3.40. The zero-order valence-corrected chi connectivity index (χ0v) is 18.3. The summed E-state index contributed by atoms with van der Waals surface area (Å²) in [4.78, 5) is 16.9. The van der Waals surface area contributed by atoms with Crippen molar-refractivity contribution < 1.29 is 23.4 Å². The zero-order chi connectivity index (χ0) is 22.0. The quantitative estimate of drug-likeness (QED) is 0.533. The number of oxazole rings is 1. The first-order chi connectivity index (χ1) is 14.8. The van der Waals surface area contributed by atoms with Crippen LogP contribution < -0.4 is 9.47 Å². The third kappa shape index (κ3) is 5.08. The Labute approximate surface area is 182 Å². The third-order valence-electron chi connectivity index (χ3n) is 4.97. The molecule has 162 valence electrons. The van der Waals surface area contributed by atoms with E-state index in [1.165, 1.54) is 0 Å². The lowest BCUT2D eigenvalue weighted by atomic mass is 9.96. The molecular weight excluding hydrogens is 394 g/mol. The number of carbonyl (C=O) groups excluding carboxylic acids is 1. The van der Waals surface area contributed by atoms with Crippen molar-refractivity contribution in [2.24, 2.45) is 5.92 Å². The molecule has 1 aromatic heterocycles. The number of fused-ring (bicyclic) bond motifs is 1. The molecular formula is C25H27NO5. The number of ether oxygens (including phenoxy) is 3. The molecule has 1 aliphatic rings. The highest BCUT2D eigenvalue weighted by Crippen LogP contribution is 2.32. The number of rotatable bonds is 5. The van der Waals surface area contributed by atoms with Crippen molar-refractivity contribution in [3.05, 3.63) is 65.5 Å². The van der Waals surface area contributed by atoms with Crippen molar-refractivity contribution in [3.63, 3.8) is 0 Å². The van der Waals surface area contributed by atoms with Crippen molar-refractivity contribution in [2.45, 2.75) is 46.3 Å². The van der Waals surface area contributed by atoms with Crippen molar-refractivity contribution in [3.8, 4) is 23.0 Å². The van der Waals surface area contributed by atoms with Gasteiger partial charge in [0.1, 0.15) is 41.8 Å². The normalized spacial score (nSPS) is 15.7. The Morgan fingerprint density at radius 3 is 2.68 bits per heavy atom. The maximum Gasteiger partial charge on any atom is 0.313 e. The van der Waals surface area contributed by atoms with Gasteiger partial charge in [-0.3, -0.25) is 4.79 Å². The Morgan fingerprint density at radius 2 is 1.94 bits per heavy atom. The molecule has 6 heteroatoms. The standard InChI is InChI=1S/C25H27NO5/c1-16-21(26-23(30-16)17-8-6-5-7-9-17)15-28-20-11-10-18-12-19(14-29-22(18)13-20)24(27)31-25(2,3)4/h5-11,13,19H,12,14-15H2,1-4H3. The molecule has 0 fully saturated rings. The molecule has 3 aromatic rings.